The molecule has 0 saturated heterocycles. The predicted octanol–water partition coefficient (Wildman–Crippen LogP) is 1.16. The summed E-state index contributed by atoms with van der Waals surface area (Å²) >= 11 is 0. The predicted molar refractivity (Wildman–Crippen MR) is 54.9 cm³/mol. The lowest BCUT2D eigenvalue weighted by atomic mass is 10.00. The molecular formula is C10H23NO2. The summed E-state index contributed by atoms with van der Waals surface area (Å²) in [4.78, 5) is 0. The quantitative estimate of drug-likeness (QED) is 0.659. The van der Waals surface area contributed by atoms with E-state index < -0.39 is 0 Å². The molecule has 80 valence electrons. The minimum Gasteiger partial charge on any atom is -0.392 e. The van der Waals surface area contributed by atoms with Gasteiger partial charge in [-0.1, -0.05) is 0 Å². The first-order chi connectivity index (χ1) is 5.87. The van der Waals surface area contributed by atoms with Crippen LogP contribution in [0.25, 0.3) is 0 Å². The maximum absolute atomic E-state index is 9.06. The summed E-state index contributed by atoms with van der Waals surface area (Å²) in [6, 6.07) is 0.365. The number of hydrogen-bond donors (Lipinski definition) is 2. The molecule has 2 N–H and O–H groups in total. The van der Waals surface area contributed by atoms with Crippen LogP contribution >= 0.6 is 0 Å². The van der Waals surface area contributed by atoms with Crippen molar-refractivity contribution in [1.29, 1.82) is 0 Å². The Balaban J connectivity index is 3.67. The topological polar surface area (TPSA) is 41.5 Å². The number of methoxy groups -OCH3 is 1. The van der Waals surface area contributed by atoms with Crippen LogP contribution in [-0.4, -0.2) is 36.5 Å². The zero-order chi connectivity index (χ0) is 10.5. The Morgan fingerprint density at radius 1 is 1.38 bits per heavy atom. The monoisotopic (exact) mass is 189 g/mol. The van der Waals surface area contributed by atoms with E-state index in [2.05, 4.69) is 26.1 Å². The second-order valence-corrected chi connectivity index (χ2v) is 4.33. The first-order valence-electron chi connectivity index (χ1n) is 4.84. The third kappa shape index (κ3) is 6.99. The van der Waals surface area contributed by atoms with E-state index in [-0.39, 0.29) is 11.7 Å². The molecule has 0 aromatic rings. The number of rotatable bonds is 6. The van der Waals surface area contributed by atoms with Gasteiger partial charge >= 0.3 is 0 Å². The van der Waals surface area contributed by atoms with Crippen LogP contribution in [0.15, 0.2) is 0 Å². The summed E-state index contributed by atoms with van der Waals surface area (Å²) in [6.07, 6.45) is 0.657. The van der Waals surface area contributed by atoms with Gasteiger partial charge in [-0.25, -0.2) is 0 Å². The van der Waals surface area contributed by atoms with Crippen molar-refractivity contribution in [2.24, 2.45) is 0 Å². The normalized spacial score (nSPS) is 17.1. The Morgan fingerprint density at radius 3 is 2.31 bits per heavy atom. The number of hydrogen-bond acceptors (Lipinski definition) is 3. The SMILES string of the molecule is COC(C)(C)CC(C)NC[C@H](C)O. The van der Waals surface area contributed by atoms with Crippen molar-refractivity contribution in [3.05, 3.63) is 0 Å². The smallest absolute Gasteiger partial charge is 0.0637 e. The maximum Gasteiger partial charge on any atom is 0.0637 e. The highest BCUT2D eigenvalue weighted by molar-refractivity contribution is 4.75. The third-order valence-electron chi connectivity index (χ3n) is 2.11. The minimum atomic E-state index is -0.284. The second-order valence-electron chi connectivity index (χ2n) is 4.33. The fourth-order valence-corrected chi connectivity index (χ4v) is 1.26. The largest absolute Gasteiger partial charge is 0.392 e. The van der Waals surface area contributed by atoms with Crippen molar-refractivity contribution in [2.45, 2.75) is 51.9 Å². The van der Waals surface area contributed by atoms with Gasteiger partial charge < -0.3 is 15.2 Å². The third-order valence-corrected chi connectivity index (χ3v) is 2.11. The first-order valence-corrected chi connectivity index (χ1v) is 4.84. The molecule has 0 fully saturated rings. The molecule has 0 heterocycles. The van der Waals surface area contributed by atoms with Gasteiger partial charge in [0.25, 0.3) is 0 Å². The van der Waals surface area contributed by atoms with Crippen LogP contribution in [0.4, 0.5) is 0 Å². The molecule has 0 aliphatic rings. The molecule has 2 atom stereocenters. The molecule has 3 heteroatoms. The number of ether oxygens (including phenoxy) is 1. The van der Waals surface area contributed by atoms with E-state index in [9.17, 15) is 0 Å². The van der Waals surface area contributed by atoms with Gasteiger partial charge in [-0.3, -0.25) is 0 Å². The molecule has 13 heavy (non-hydrogen) atoms. The van der Waals surface area contributed by atoms with Gasteiger partial charge in [-0.15, -0.1) is 0 Å². The molecule has 0 aromatic heterocycles. The molecule has 0 radical (unpaired) electrons. The molecule has 0 saturated carbocycles. The average molecular weight is 189 g/mol. The van der Waals surface area contributed by atoms with E-state index in [1.165, 1.54) is 0 Å². The molecule has 0 aliphatic carbocycles. The van der Waals surface area contributed by atoms with Gasteiger partial charge in [0, 0.05) is 19.7 Å². The highest BCUT2D eigenvalue weighted by Crippen LogP contribution is 2.15. The number of nitrogens with one attached hydrogen (secondary N) is 1. The summed E-state index contributed by atoms with van der Waals surface area (Å²) in [5.74, 6) is 0. The van der Waals surface area contributed by atoms with Crippen LogP contribution in [0.2, 0.25) is 0 Å². The minimum absolute atomic E-state index is 0.0922. The van der Waals surface area contributed by atoms with Crippen molar-refractivity contribution >= 4 is 0 Å². The Morgan fingerprint density at radius 2 is 1.92 bits per heavy atom. The average Bonchev–Trinajstić information content (AvgIpc) is 2.00. The lowest BCUT2D eigenvalue weighted by molar-refractivity contribution is 0.00772. The first kappa shape index (κ1) is 12.9. The van der Waals surface area contributed by atoms with E-state index >= 15 is 0 Å². The van der Waals surface area contributed by atoms with Crippen molar-refractivity contribution in [2.75, 3.05) is 13.7 Å². The summed E-state index contributed by atoms with van der Waals surface area (Å²) in [6.45, 7) is 8.65. The molecule has 0 rings (SSSR count). The lowest BCUT2D eigenvalue weighted by Gasteiger charge is -2.27. The molecule has 3 nitrogen and oxygen atoms in total. The molecule has 0 aliphatic heterocycles. The van der Waals surface area contributed by atoms with Gasteiger partial charge in [0.2, 0.25) is 0 Å². The van der Waals surface area contributed by atoms with Crippen LogP contribution in [0.5, 0.6) is 0 Å². The number of aliphatic hydroxyl groups excluding tert-OH is 1. The van der Waals surface area contributed by atoms with E-state index in [1.54, 1.807) is 14.0 Å². The van der Waals surface area contributed by atoms with Gasteiger partial charge in [-0.05, 0) is 34.1 Å². The second kappa shape index (κ2) is 5.58. The van der Waals surface area contributed by atoms with Gasteiger partial charge in [0.1, 0.15) is 0 Å². The van der Waals surface area contributed by atoms with Crippen LogP contribution in [0.3, 0.4) is 0 Å². The Hall–Kier alpha value is -0.120. The van der Waals surface area contributed by atoms with Gasteiger partial charge in [-0.2, -0.15) is 0 Å². The van der Waals surface area contributed by atoms with Gasteiger partial charge in [0.15, 0.2) is 0 Å². The van der Waals surface area contributed by atoms with Crippen molar-refractivity contribution in [3.8, 4) is 0 Å². The Bertz CT molecular complexity index is 135. The number of aliphatic hydroxyl groups is 1. The fraction of sp³-hybridized carbons (Fsp3) is 1.00. The zero-order valence-electron chi connectivity index (χ0n) is 9.42. The Labute approximate surface area is 81.5 Å². The van der Waals surface area contributed by atoms with Crippen LogP contribution in [0, 0.1) is 0 Å². The molecule has 0 aromatic carbocycles. The summed E-state index contributed by atoms with van der Waals surface area (Å²) in [5, 5.41) is 12.3. The van der Waals surface area contributed by atoms with E-state index in [4.69, 9.17) is 9.84 Å². The molecule has 0 amide bonds. The molecule has 0 spiro atoms. The van der Waals surface area contributed by atoms with Crippen LogP contribution in [0.1, 0.15) is 34.1 Å². The van der Waals surface area contributed by atoms with Crippen LogP contribution < -0.4 is 5.32 Å². The Kier molecular flexibility index (Phi) is 5.53. The molecule has 0 bridgehead atoms. The van der Waals surface area contributed by atoms with Gasteiger partial charge in [0.05, 0.1) is 11.7 Å². The van der Waals surface area contributed by atoms with E-state index in [0.717, 1.165) is 6.42 Å². The van der Waals surface area contributed by atoms with Crippen molar-refractivity contribution in [1.82, 2.24) is 5.32 Å². The van der Waals surface area contributed by atoms with E-state index in [1.807, 2.05) is 0 Å². The molecular weight excluding hydrogens is 166 g/mol. The van der Waals surface area contributed by atoms with Crippen LogP contribution in [-0.2, 0) is 4.74 Å². The van der Waals surface area contributed by atoms with Crippen molar-refractivity contribution in [3.63, 3.8) is 0 Å². The maximum atomic E-state index is 9.06. The highest BCUT2D eigenvalue weighted by Gasteiger charge is 2.19. The summed E-state index contributed by atoms with van der Waals surface area (Å²) < 4.78 is 5.31. The fourth-order valence-electron chi connectivity index (χ4n) is 1.26. The van der Waals surface area contributed by atoms with E-state index in [0.29, 0.717) is 12.6 Å². The summed E-state index contributed by atoms with van der Waals surface area (Å²) in [5.41, 5.74) is -0.0922. The summed E-state index contributed by atoms with van der Waals surface area (Å²) in [7, 11) is 1.72. The standard InChI is InChI=1S/C10H23NO2/c1-8(11-7-9(2)12)6-10(3,4)13-5/h8-9,11-12H,6-7H2,1-5H3/t8?,9-/m0/s1. The highest BCUT2D eigenvalue weighted by atomic mass is 16.5. The zero-order valence-corrected chi connectivity index (χ0v) is 9.42. The van der Waals surface area contributed by atoms with Crippen molar-refractivity contribution < 1.29 is 9.84 Å². The molecule has 1 unspecified atom stereocenters. The lowest BCUT2D eigenvalue weighted by Crippen LogP contribution is -2.38.